The lowest BCUT2D eigenvalue weighted by atomic mass is 10.2. The number of rotatable bonds is 5. The Hall–Kier alpha value is -3.57. The van der Waals surface area contributed by atoms with Gasteiger partial charge in [0.2, 0.25) is 0 Å². The number of anilines is 1. The van der Waals surface area contributed by atoms with Crippen molar-refractivity contribution in [3.05, 3.63) is 33.9 Å². The molecule has 1 aromatic heterocycles. The van der Waals surface area contributed by atoms with E-state index in [1.54, 1.807) is 0 Å². The molecule has 1 aromatic carbocycles. The Morgan fingerprint density at radius 2 is 2.36 bits per heavy atom. The van der Waals surface area contributed by atoms with E-state index in [-0.39, 0.29) is 29.5 Å². The van der Waals surface area contributed by atoms with E-state index in [1.165, 1.54) is 0 Å². The number of hydrogen-bond donors (Lipinski definition) is 3. The highest BCUT2D eigenvalue weighted by molar-refractivity contribution is 5.85. The molecule has 114 valence electrons. The number of nitrogens with one attached hydrogen (secondary N) is 1. The topological polar surface area (TPSA) is 174 Å². The fourth-order valence-corrected chi connectivity index (χ4v) is 1.42. The van der Waals surface area contributed by atoms with Crippen molar-refractivity contribution in [2.75, 3.05) is 5.73 Å². The lowest BCUT2D eigenvalue weighted by Crippen LogP contribution is -2.24. The first-order chi connectivity index (χ1) is 10.5. The molecule has 0 bridgehead atoms. The maximum Gasteiger partial charge on any atom is 0.270 e. The molecular weight excluding hydrogens is 296 g/mol. The summed E-state index contributed by atoms with van der Waals surface area (Å²) in [6, 6.07) is 3.42. The number of nitro groups is 1. The molecule has 12 nitrogen and oxygen atoms in total. The molecule has 0 aliphatic carbocycles. The summed E-state index contributed by atoms with van der Waals surface area (Å²) in [6.07, 6.45) is 1.07. The van der Waals surface area contributed by atoms with Gasteiger partial charge in [-0.05, 0) is 11.3 Å². The Bertz CT molecular complexity index is 740. The maximum absolute atomic E-state index is 11.5. The number of nitrogens with two attached hydrogens (primary N) is 1. The van der Waals surface area contributed by atoms with Gasteiger partial charge in [-0.15, -0.1) is 5.10 Å². The molecule has 0 unspecified atom stereocenters. The van der Waals surface area contributed by atoms with Gasteiger partial charge in [-0.3, -0.25) is 14.9 Å². The number of nitro benzene ring substituents is 1. The number of carbonyl (C=O) groups is 1. The molecule has 0 aliphatic heterocycles. The summed E-state index contributed by atoms with van der Waals surface area (Å²) in [7, 11) is 0. The zero-order valence-electron chi connectivity index (χ0n) is 10.9. The Morgan fingerprint density at radius 1 is 1.59 bits per heavy atom. The third-order valence-corrected chi connectivity index (χ3v) is 2.37. The maximum atomic E-state index is 11.5. The van der Waals surface area contributed by atoms with Crippen LogP contribution in [0.25, 0.3) is 0 Å². The van der Waals surface area contributed by atoms with Crippen molar-refractivity contribution in [3.63, 3.8) is 0 Å². The number of phenolic OH excluding ortho intramolecular Hbond substituents is 1. The smallest absolute Gasteiger partial charge is 0.270 e. The number of hydrogen-bond acceptors (Lipinski definition) is 9. The number of aromatic hydroxyl groups is 1. The van der Waals surface area contributed by atoms with E-state index in [0.717, 1.165) is 29.2 Å². The minimum absolute atomic E-state index is 0.0715. The second kappa shape index (κ2) is 6.25. The highest BCUT2D eigenvalue weighted by atomic mass is 16.6. The summed E-state index contributed by atoms with van der Waals surface area (Å²) in [5.74, 6) is -0.856. The summed E-state index contributed by atoms with van der Waals surface area (Å²) in [6.45, 7) is -0.261. The molecule has 0 aliphatic rings. The van der Waals surface area contributed by atoms with Crippen LogP contribution in [0.4, 0.5) is 11.6 Å². The van der Waals surface area contributed by atoms with E-state index in [9.17, 15) is 20.0 Å². The third kappa shape index (κ3) is 3.72. The van der Waals surface area contributed by atoms with Crippen LogP contribution in [0.5, 0.6) is 5.75 Å². The molecule has 0 fully saturated rings. The van der Waals surface area contributed by atoms with Gasteiger partial charge in [0.25, 0.3) is 17.5 Å². The van der Waals surface area contributed by atoms with Crippen molar-refractivity contribution < 1.29 is 14.8 Å². The second-order valence-corrected chi connectivity index (χ2v) is 3.97. The Labute approximate surface area is 122 Å². The number of tetrazole rings is 1. The highest BCUT2D eigenvalue weighted by Gasteiger charge is 2.09. The first-order valence-corrected chi connectivity index (χ1v) is 5.78. The molecule has 0 saturated carbocycles. The van der Waals surface area contributed by atoms with Gasteiger partial charge in [0.15, 0.2) is 0 Å². The highest BCUT2D eigenvalue weighted by Crippen LogP contribution is 2.21. The van der Waals surface area contributed by atoms with E-state index < -0.39 is 10.8 Å². The van der Waals surface area contributed by atoms with Crippen molar-refractivity contribution in [2.24, 2.45) is 5.10 Å². The van der Waals surface area contributed by atoms with E-state index in [4.69, 9.17) is 5.73 Å². The Kier molecular flexibility index (Phi) is 4.22. The predicted molar refractivity (Wildman–Crippen MR) is 72.7 cm³/mol. The number of nitrogen functional groups attached to an aromatic ring is 1. The van der Waals surface area contributed by atoms with Gasteiger partial charge in [-0.25, -0.2) is 5.43 Å². The Balaban J connectivity index is 1.98. The second-order valence-electron chi connectivity index (χ2n) is 3.97. The van der Waals surface area contributed by atoms with Crippen molar-refractivity contribution in [1.82, 2.24) is 25.6 Å². The number of carbonyl (C=O) groups excluding carboxylic acids is 1. The molecule has 2 rings (SSSR count). The van der Waals surface area contributed by atoms with Gasteiger partial charge in [0.1, 0.15) is 12.3 Å². The minimum atomic E-state index is -0.615. The molecule has 4 N–H and O–H groups in total. The summed E-state index contributed by atoms with van der Waals surface area (Å²) >= 11 is 0. The number of hydrazone groups is 1. The number of phenols is 1. The first kappa shape index (κ1) is 14.8. The van der Waals surface area contributed by atoms with Crippen molar-refractivity contribution in [2.45, 2.75) is 6.54 Å². The number of non-ortho nitro benzene ring substituents is 1. The zero-order chi connectivity index (χ0) is 16.1. The van der Waals surface area contributed by atoms with Crippen LogP contribution in [0, 0.1) is 10.1 Å². The van der Waals surface area contributed by atoms with E-state index in [2.05, 4.69) is 25.9 Å². The quantitative estimate of drug-likeness (QED) is 0.358. The van der Waals surface area contributed by atoms with Crippen LogP contribution in [-0.4, -0.2) is 42.4 Å². The standard InChI is InChI=1S/C10H10N8O4/c11-10-14-16-17(15-10)5-9(20)13-12-4-6-3-7(18(21)22)1-2-8(6)19/h1-4,19H,5H2,(H2,11,15)(H,13,20)/b12-4-. The summed E-state index contributed by atoms with van der Waals surface area (Å²) in [5.41, 5.74) is 7.25. The Morgan fingerprint density at radius 3 is 3.00 bits per heavy atom. The molecule has 0 radical (unpaired) electrons. The molecule has 0 saturated heterocycles. The summed E-state index contributed by atoms with van der Waals surface area (Å²) in [4.78, 5) is 22.5. The average molecular weight is 306 g/mol. The molecular formula is C10H10N8O4. The molecule has 0 atom stereocenters. The van der Waals surface area contributed by atoms with Crippen LogP contribution in [0.15, 0.2) is 23.3 Å². The minimum Gasteiger partial charge on any atom is -0.507 e. The van der Waals surface area contributed by atoms with Gasteiger partial charge in [-0.2, -0.15) is 9.90 Å². The van der Waals surface area contributed by atoms with Gasteiger partial charge >= 0.3 is 0 Å². The van der Waals surface area contributed by atoms with Crippen LogP contribution in [0.1, 0.15) is 5.56 Å². The van der Waals surface area contributed by atoms with E-state index >= 15 is 0 Å². The molecule has 1 amide bonds. The van der Waals surface area contributed by atoms with Crippen LogP contribution >= 0.6 is 0 Å². The predicted octanol–water partition coefficient (Wildman–Crippen LogP) is -0.981. The van der Waals surface area contributed by atoms with Gasteiger partial charge in [0, 0.05) is 17.7 Å². The lowest BCUT2D eigenvalue weighted by Gasteiger charge is -2.00. The fourth-order valence-electron chi connectivity index (χ4n) is 1.42. The molecule has 1 heterocycles. The number of aromatic nitrogens is 4. The zero-order valence-corrected chi connectivity index (χ0v) is 10.9. The van der Waals surface area contributed by atoms with Gasteiger partial charge < -0.3 is 10.8 Å². The van der Waals surface area contributed by atoms with Crippen LogP contribution in [0.3, 0.4) is 0 Å². The largest absolute Gasteiger partial charge is 0.507 e. The van der Waals surface area contributed by atoms with Gasteiger partial charge in [0.05, 0.1) is 11.1 Å². The van der Waals surface area contributed by atoms with Crippen LogP contribution in [-0.2, 0) is 11.3 Å². The van der Waals surface area contributed by atoms with Crippen molar-refractivity contribution in [1.29, 1.82) is 0 Å². The number of nitrogens with zero attached hydrogens (tertiary/aromatic N) is 6. The van der Waals surface area contributed by atoms with Crippen LogP contribution in [0.2, 0.25) is 0 Å². The molecule has 0 spiro atoms. The summed E-state index contributed by atoms with van der Waals surface area (Å²) < 4.78 is 0. The molecule has 22 heavy (non-hydrogen) atoms. The van der Waals surface area contributed by atoms with E-state index in [1.807, 2.05) is 0 Å². The van der Waals surface area contributed by atoms with Crippen LogP contribution < -0.4 is 11.2 Å². The third-order valence-electron chi connectivity index (χ3n) is 2.37. The summed E-state index contributed by atoms with van der Waals surface area (Å²) in [5, 5.41) is 34.2. The number of amides is 1. The van der Waals surface area contributed by atoms with Crippen molar-refractivity contribution >= 4 is 23.8 Å². The first-order valence-electron chi connectivity index (χ1n) is 5.78. The average Bonchev–Trinajstić information content (AvgIpc) is 2.85. The molecule has 12 heteroatoms. The normalized spacial score (nSPS) is 10.7. The SMILES string of the molecule is Nc1nnn(CC(=O)N/N=C\c2cc([N+](=O)[O-])ccc2O)n1. The van der Waals surface area contributed by atoms with Gasteiger partial charge in [-0.1, -0.05) is 5.10 Å². The fraction of sp³-hybridized carbons (Fsp3) is 0.100. The lowest BCUT2D eigenvalue weighted by molar-refractivity contribution is -0.384. The van der Waals surface area contributed by atoms with Crippen molar-refractivity contribution in [3.8, 4) is 5.75 Å². The molecule has 2 aromatic rings. The monoisotopic (exact) mass is 306 g/mol. The van der Waals surface area contributed by atoms with E-state index in [0.29, 0.717) is 0 Å². The number of benzene rings is 1.